The fourth-order valence-electron chi connectivity index (χ4n) is 3.08. The number of likely N-dealkylation sites (N-methyl/N-ethyl adjacent to an activating group) is 1. The maximum Gasteiger partial charge on any atom is 0.242 e. The first kappa shape index (κ1) is 23.0. The van der Waals surface area contributed by atoms with Crippen molar-refractivity contribution < 1.29 is 14.3 Å². The number of hydrogen-bond donors (Lipinski definition) is 1. The van der Waals surface area contributed by atoms with Gasteiger partial charge in [0.15, 0.2) is 0 Å². The van der Waals surface area contributed by atoms with Crippen LogP contribution in [-0.2, 0) is 22.6 Å². The molecule has 1 atom stereocenters. The Kier molecular flexibility index (Phi) is 8.80. The minimum atomic E-state index is -0.618. The predicted molar refractivity (Wildman–Crippen MR) is 116 cm³/mol. The predicted octanol–water partition coefficient (Wildman–Crippen LogP) is 4.49. The minimum absolute atomic E-state index is 0.155. The van der Waals surface area contributed by atoms with Crippen molar-refractivity contribution in [1.82, 2.24) is 10.2 Å². The zero-order valence-electron chi connectivity index (χ0n) is 16.9. The zero-order valence-corrected chi connectivity index (χ0v) is 18.4. The molecule has 0 saturated carbocycles. The maximum atomic E-state index is 13.2. The fourth-order valence-corrected chi connectivity index (χ4v) is 3.60. The number of benzene rings is 2. The zero-order chi connectivity index (χ0) is 21.4. The van der Waals surface area contributed by atoms with Gasteiger partial charge in [-0.05, 0) is 43.2 Å². The van der Waals surface area contributed by atoms with Gasteiger partial charge < -0.3 is 15.0 Å². The van der Waals surface area contributed by atoms with E-state index in [2.05, 4.69) is 5.32 Å². The van der Waals surface area contributed by atoms with Crippen LogP contribution in [0.15, 0.2) is 42.5 Å². The molecule has 0 unspecified atom stereocenters. The number of rotatable bonds is 9. The summed E-state index contributed by atoms with van der Waals surface area (Å²) in [4.78, 5) is 27.4. The highest BCUT2D eigenvalue weighted by molar-refractivity contribution is 6.36. The lowest BCUT2D eigenvalue weighted by Gasteiger charge is -2.31. The average Bonchev–Trinajstić information content (AvgIpc) is 2.70. The van der Waals surface area contributed by atoms with E-state index in [-0.39, 0.29) is 24.8 Å². The average molecular weight is 437 g/mol. The standard InChI is InChI=1S/C22H26Cl2N2O3/c1-4-20(22(28)25-5-2)26(14-17-18(23)7-6-8-19(17)24)21(27)13-15-9-11-16(29-3)12-10-15/h6-12,20H,4-5,13-14H2,1-3H3,(H,25,28)/t20-/m0/s1. The molecule has 0 fully saturated rings. The Morgan fingerprint density at radius 1 is 1.07 bits per heavy atom. The van der Waals surface area contributed by atoms with E-state index in [0.29, 0.717) is 28.6 Å². The molecule has 2 amide bonds. The summed E-state index contributed by atoms with van der Waals surface area (Å²) in [7, 11) is 1.59. The molecule has 29 heavy (non-hydrogen) atoms. The van der Waals surface area contributed by atoms with Gasteiger partial charge >= 0.3 is 0 Å². The highest BCUT2D eigenvalue weighted by atomic mass is 35.5. The van der Waals surface area contributed by atoms with Crippen LogP contribution in [0.2, 0.25) is 10.0 Å². The SMILES string of the molecule is CCNC(=O)[C@H](CC)N(Cc1c(Cl)cccc1Cl)C(=O)Cc1ccc(OC)cc1. The molecule has 2 aromatic carbocycles. The van der Waals surface area contributed by atoms with E-state index in [9.17, 15) is 9.59 Å². The van der Waals surface area contributed by atoms with Crippen LogP contribution in [0, 0.1) is 0 Å². The molecule has 0 bridgehead atoms. The number of carbonyl (C=O) groups is 2. The van der Waals surface area contributed by atoms with Gasteiger partial charge in [-0.1, -0.05) is 48.3 Å². The summed E-state index contributed by atoms with van der Waals surface area (Å²) >= 11 is 12.6. The Balaban J connectivity index is 2.33. The van der Waals surface area contributed by atoms with Gasteiger partial charge in [-0.25, -0.2) is 0 Å². The van der Waals surface area contributed by atoms with E-state index in [1.165, 1.54) is 0 Å². The van der Waals surface area contributed by atoms with Crippen LogP contribution >= 0.6 is 23.2 Å². The van der Waals surface area contributed by atoms with Gasteiger partial charge in [0, 0.05) is 28.7 Å². The molecule has 2 aromatic rings. The fraction of sp³-hybridized carbons (Fsp3) is 0.364. The number of nitrogens with one attached hydrogen (secondary N) is 1. The van der Waals surface area contributed by atoms with Crippen LogP contribution in [0.25, 0.3) is 0 Å². The molecule has 0 heterocycles. The molecule has 0 saturated heterocycles. The molecule has 5 nitrogen and oxygen atoms in total. The second-order valence-electron chi connectivity index (χ2n) is 6.57. The van der Waals surface area contributed by atoms with E-state index >= 15 is 0 Å². The van der Waals surface area contributed by atoms with Crippen molar-refractivity contribution >= 4 is 35.0 Å². The lowest BCUT2D eigenvalue weighted by atomic mass is 10.1. The number of methoxy groups -OCH3 is 1. The number of carbonyl (C=O) groups excluding carboxylic acids is 2. The summed E-state index contributed by atoms with van der Waals surface area (Å²) in [6.45, 7) is 4.37. The molecule has 0 aliphatic heterocycles. The smallest absolute Gasteiger partial charge is 0.242 e. The topological polar surface area (TPSA) is 58.6 Å². The van der Waals surface area contributed by atoms with E-state index in [1.54, 1.807) is 42.3 Å². The van der Waals surface area contributed by atoms with Gasteiger partial charge in [0.2, 0.25) is 11.8 Å². The van der Waals surface area contributed by atoms with Crippen LogP contribution in [0.1, 0.15) is 31.4 Å². The molecule has 0 aliphatic rings. The number of halogens is 2. The highest BCUT2D eigenvalue weighted by Crippen LogP contribution is 2.27. The lowest BCUT2D eigenvalue weighted by Crippen LogP contribution is -2.49. The van der Waals surface area contributed by atoms with Gasteiger partial charge in [-0.2, -0.15) is 0 Å². The number of ether oxygens (including phenoxy) is 1. The van der Waals surface area contributed by atoms with Crippen molar-refractivity contribution in [2.24, 2.45) is 0 Å². The van der Waals surface area contributed by atoms with Gasteiger partial charge in [0.25, 0.3) is 0 Å². The van der Waals surface area contributed by atoms with E-state index in [0.717, 1.165) is 11.3 Å². The van der Waals surface area contributed by atoms with Gasteiger partial charge in [-0.3, -0.25) is 9.59 Å². The molecule has 7 heteroatoms. The number of hydrogen-bond acceptors (Lipinski definition) is 3. The normalized spacial score (nSPS) is 11.6. The summed E-state index contributed by atoms with van der Waals surface area (Å²) in [5.74, 6) is 0.347. The second-order valence-corrected chi connectivity index (χ2v) is 7.38. The van der Waals surface area contributed by atoms with Gasteiger partial charge in [0.1, 0.15) is 11.8 Å². The van der Waals surface area contributed by atoms with Gasteiger partial charge in [0.05, 0.1) is 13.5 Å². The number of nitrogens with zero attached hydrogens (tertiary/aromatic N) is 1. The maximum absolute atomic E-state index is 13.2. The van der Waals surface area contributed by atoms with Crippen LogP contribution in [0.4, 0.5) is 0 Å². The Labute approximate surface area is 181 Å². The molecular formula is C22H26Cl2N2O3. The molecule has 1 N–H and O–H groups in total. The van der Waals surface area contributed by atoms with Crippen LogP contribution in [-0.4, -0.2) is 36.4 Å². The summed E-state index contributed by atoms with van der Waals surface area (Å²) in [6.07, 6.45) is 0.629. The Morgan fingerprint density at radius 2 is 1.69 bits per heavy atom. The molecule has 0 aliphatic carbocycles. The van der Waals surface area contributed by atoms with E-state index in [1.807, 2.05) is 26.0 Å². The quantitative estimate of drug-likeness (QED) is 0.629. The Bertz CT molecular complexity index is 820. The third-order valence-electron chi connectivity index (χ3n) is 4.64. The third-order valence-corrected chi connectivity index (χ3v) is 5.35. The summed E-state index contributed by atoms with van der Waals surface area (Å²) in [5.41, 5.74) is 1.46. The van der Waals surface area contributed by atoms with Crippen LogP contribution in [0.5, 0.6) is 5.75 Å². The highest BCUT2D eigenvalue weighted by Gasteiger charge is 2.29. The van der Waals surface area contributed by atoms with Crippen molar-refractivity contribution in [3.8, 4) is 5.75 Å². The molecular weight excluding hydrogens is 411 g/mol. The van der Waals surface area contributed by atoms with Crippen molar-refractivity contribution in [2.45, 2.75) is 39.3 Å². The van der Waals surface area contributed by atoms with E-state index in [4.69, 9.17) is 27.9 Å². The number of amides is 2. The Hall–Kier alpha value is -2.24. The molecule has 0 spiro atoms. The molecule has 156 valence electrons. The minimum Gasteiger partial charge on any atom is -0.497 e. The van der Waals surface area contributed by atoms with Crippen LogP contribution < -0.4 is 10.1 Å². The van der Waals surface area contributed by atoms with Crippen LogP contribution in [0.3, 0.4) is 0 Å². The lowest BCUT2D eigenvalue weighted by molar-refractivity contribution is -0.140. The second kappa shape index (κ2) is 11.1. The van der Waals surface area contributed by atoms with Crippen molar-refractivity contribution in [2.75, 3.05) is 13.7 Å². The summed E-state index contributed by atoms with van der Waals surface area (Å²) in [5, 5.41) is 3.74. The largest absolute Gasteiger partial charge is 0.497 e. The summed E-state index contributed by atoms with van der Waals surface area (Å²) in [6, 6.07) is 11.9. The Morgan fingerprint density at radius 3 is 2.21 bits per heavy atom. The van der Waals surface area contributed by atoms with Crippen molar-refractivity contribution in [3.05, 3.63) is 63.6 Å². The van der Waals surface area contributed by atoms with Crippen molar-refractivity contribution in [1.29, 1.82) is 0 Å². The molecule has 0 radical (unpaired) electrons. The monoisotopic (exact) mass is 436 g/mol. The van der Waals surface area contributed by atoms with Crippen molar-refractivity contribution in [3.63, 3.8) is 0 Å². The first-order chi connectivity index (χ1) is 13.9. The first-order valence-corrected chi connectivity index (χ1v) is 10.3. The van der Waals surface area contributed by atoms with Gasteiger partial charge in [-0.15, -0.1) is 0 Å². The third kappa shape index (κ3) is 6.12. The first-order valence-electron chi connectivity index (χ1n) is 9.54. The molecule has 0 aromatic heterocycles. The van der Waals surface area contributed by atoms with E-state index < -0.39 is 6.04 Å². The summed E-state index contributed by atoms with van der Waals surface area (Å²) < 4.78 is 5.16. The molecule has 2 rings (SSSR count).